The predicted octanol–water partition coefficient (Wildman–Crippen LogP) is 4.51. The molecular weight excluding hydrogens is 540 g/mol. The molecule has 1 unspecified atom stereocenters. The van der Waals surface area contributed by atoms with E-state index in [-0.39, 0.29) is 23.6 Å². The third kappa shape index (κ3) is 5.65. The van der Waals surface area contributed by atoms with Crippen molar-refractivity contribution in [1.82, 2.24) is 24.9 Å². The quantitative estimate of drug-likeness (QED) is 0.263. The molecule has 0 aliphatic heterocycles. The van der Waals surface area contributed by atoms with Gasteiger partial charge in [0.25, 0.3) is 0 Å². The van der Waals surface area contributed by atoms with Crippen molar-refractivity contribution < 1.29 is 31.6 Å². The third-order valence-electron chi connectivity index (χ3n) is 4.76. The minimum Gasteiger partial charge on any atom is -0.391 e. The maximum Gasteiger partial charge on any atom is 0.411 e. The van der Waals surface area contributed by atoms with Crippen molar-refractivity contribution in [1.29, 1.82) is 0 Å². The van der Waals surface area contributed by atoms with Crippen LogP contribution in [0.15, 0.2) is 53.4 Å². The Labute approximate surface area is 203 Å². The van der Waals surface area contributed by atoms with Crippen LogP contribution in [0.5, 0.6) is 5.88 Å². The van der Waals surface area contributed by atoms with Crippen molar-refractivity contribution in [2.45, 2.75) is 24.0 Å². The largest absolute Gasteiger partial charge is 0.411 e. The monoisotopic (exact) mass is 554 g/mol. The summed E-state index contributed by atoms with van der Waals surface area (Å²) in [6, 6.07) is 9.22. The third-order valence-corrected chi connectivity index (χ3v) is 5.61. The second-order valence-electron chi connectivity index (χ2n) is 7.21. The van der Waals surface area contributed by atoms with Crippen LogP contribution in [0.4, 0.5) is 22.4 Å². The molecule has 0 aliphatic carbocycles. The van der Waals surface area contributed by atoms with E-state index < -0.39 is 35.2 Å². The average Bonchev–Trinajstić information content (AvgIpc) is 3.45. The van der Waals surface area contributed by atoms with E-state index in [1.807, 2.05) is 0 Å². The maximum atomic E-state index is 14.2. The van der Waals surface area contributed by atoms with Gasteiger partial charge in [-0.1, -0.05) is 39.3 Å². The molecule has 35 heavy (non-hydrogen) atoms. The Bertz CT molecular complexity index is 1340. The summed E-state index contributed by atoms with van der Waals surface area (Å²) in [7, 11) is 0. The molecule has 0 saturated carbocycles. The van der Waals surface area contributed by atoms with Gasteiger partial charge in [-0.2, -0.15) is 23.3 Å². The van der Waals surface area contributed by atoms with Crippen molar-refractivity contribution in [3.05, 3.63) is 65.8 Å². The number of carbonyl (C=O) groups is 1. The lowest BCUT2D eigenvalue weighted by atomic mass is 10.1. The van der Waals surface area contributed by atoms with Crippen LogP contribution in [-0.4, -0.2) is 42.0 Å². The molecule has 9 nitrogen and oxygen atoms in total. The summed E-state index contributed by atoms with van der Waals surface area (Å²) < 4.78 is 64.4. The van der Waals surface area contributed by atoms with Gasteiger partial charge in [0, 0.05) is 29.8 Å². The SMILES string of the molecule is NC(=O)Oc1nc(-c2cc(-c3ccon3)n(Cc3ccccc3F)n2)ncc1CC(Br)C(F)(F)F. The summed E-state index contributed by atoms with van der Waals surface area (Å²) in [6.07, 6.45) is -4.00. The van der Waals surface area contributed by atoms with Gasteiger partial charge in [-0.15, -0.1) is 0 Å². The number of halogens is 5. The van der Waals surface area contributed by atoms with Gasteiger partial charge < -0.3 is 15.0 Å². The minimum absolute atomic E-state index is 0.0223. The van der Waals surface area contributed by atoms with E-state index in [9.17, 15) is 22.4 Å². The molecule has 0 aliphatic rings. The average molecular weight is 555 g/mol. The smallest absolute Gasteiger partial charge is 0.391 e. The highest BCUT2D eigenvalue weighted by molar-refractivity contribution is 9.09. The summed E-state index contributed by atoms with van der Waals surface area (Å²) in [4.78, 5) is 17.5. The fourth-order valence-electron chi connectivity index (χ4n) is 3.13. The summed E-state index contributed by atoms with van der Waals surface area (Å²) in [5.41, 5.74) is 6.28. The van der Waals surface area contributed by atoms with Gasteiger partial charge in [0.2, 0.25) is 5.88 Å². The number of alkyl halides is 4. The van der Waals surface area contributed by atoms with Crippen molar-refractivity contribution in [2.75, 3.05) is 0 Å². The van der Waals surface area contributed by atoms with Crippen molar-refractivity contribution in [2.24, 2.45) is 5.73 Å². The Hall–Kier alpha value is -3.81. The molecule has 3 aromatic heterocycles. The van der Waals surface area contributed by atoms with Crippen molar-refractivity contribution in [3.8, 4) is 28.8 Å². The molecule has 1 aromatic carbocycles. The lowest BCUT2D eigenvalue weighted by Gasteiger charge is -2.15. The Kier molecular flexibility index (Phi) is 6.82. The normalized spacial score (nSPS) is 12.5. The Morgan fingerprint density at radius 2 is 1.97 bits per heavy atom. The molecular formula is C21H15BrF4N6O3. The molecule has 0 fully saturated rings. The lowest BCUT2D eigenvalue weighted by molar-refractivity contribution is -0.126. The molecule has 3 heterocycles. The first kappa shape index (κ1) is 24.3. The number of nitrogens with zero attached hydrogens (tertiary/aromatic N) is 5. The number of rotatable bonds is 7. The zero-order valence-corrected chi connectivity index (χ0v) is 19.1. The fourth-order valence-corrected chi connectivity index (χ4v) is 3.48. The van der Waals surface area contributed by atoms with E-state index in [0.29, 0.717) is 17.0 Å². The van der Waals surface area contributed by atoms with Crippen LogP contribution in [0.2, 0.25) is 0 Å². The van der Waals surface area contributed by atoms with Crippen LogP contribution < -0.4 is 10.5 Å². The number of nitrogens with two attached hydrogens (primary N) is 1. The number of hydrogen-bond donors (Lipinski definition) is 1. The first-order chi connectivity index (χ1) is 16.6. The topological polar surface area (TPSA) is 122 Å². The number of carbonyl (C=O) groups excluding carboxylic acids is 1. The van der Waals surface area contributed by atoms with Gasteiger partial charge in [0.15, 0.2) is 5.82 Å². The highest BCUT2D eigenvalue weighted by Crippen LogP contribution is 2.32. The van der Waals surface area contributed by atoms with E-state index in [0.717, 1.165) is 6.20 Å². The van der Waals surface area contributed by atoms with Crippen LogP contribution in [0, 0.1) is 5.82 Å². The van der Waals surface area contributed by atoms with Gasteiger partial charge in [-0.05, 0) is 12.1 Å². The molecule has 182 valence electrons. The van der Waals surface area contributed by atoms with Crippen molar-refractivity contribution >= 4 is 22.0 Å². The molecule has 0 spiro atoms. The second-order valence-corrected chi connectivity index (χ2v) is 8.31. The second kappa shape index (κ2) is 9.82. The predicted molar refractivity (Wildman–Crippen MR) is 117 cm³/mol. The van der Waals surface area contributed by atoms with Gasteiger partial charge in [0.05, 0.1) is 12.2 Å². The van der Waals surface area contributed by atoms with E-state index in [2.05, 4.69) is 36.2 Å². The molecule has 0 bridgehead atoms. The number of ether oxygens (including phenoxy) is 1. The Morgan fingerprint density at radius 1 is 1.20 bits per heavy atom. The van der Waals surface area contributed by atoms with Crippen LogP contribution in [0.25, 0.3) is 22.9 Å². The molecule has 0 radical (unpaired) electrons. The molecule has 1 amide bonds. The molecule has 14 heteroatoms. The molecule has 1 atom stereocenters. The van der Waals surface area contributed by atoms with Crippen molar-refractivity contribution in [3.63, 3.8) is 0 Å². The zero-order valence-electron chi connectivity index (χ0n) is 17.5. The lowest BCUT2D eigenvalue weighted by Crippen LogP contribution is -2.26. The first-order valence-corrected chi connectivity index (χ1v) is 10.8. The van der Waals surface area contributed by atoms with Gasteiger partial charge >= 0.3 is 12.3 Å². The number of amides is 1. The summed E-state index contributed by atoms with van der Waals surface area (Å²) in [6.45, 7) is 0.0223. The Balaban J connectivity index is 1.74. The summed E-state index contributed by atoms with van der Waals surface area (Å²) in [5.74, 6) is -0.953. The van der Waals surface area contributed by atoms with Crippen LogP contribution in [0.1, 0.15) is 11.1 Å². The van der Waals surface area contributed by atoms with Gasteiger partial charge in [0.1, 0.15) is 28.3 Å². The van der Waals surface area contributed by atoms with E-state index in [4.69, 9.17) is 15.0 Å². The minimum atomic E-state index is -4.55. The number of benzene rings is 1. The molecule has 0 saturated heterocycles. The van der Waals surface area contributed by atoms with Crippen LogP contribution in [0.3, 0.4) is 0 Å². The summed E-state index contributed by atoms with van der Waals surface area (Å²) >= 11 is 2.56. The zero-order chi connectivity index (χ0) is 25.2. The number of hydrogen-bond acceptors (Lipinski definition) is 7. The van der Waals surface area contributed by atoms with Gasteiger partial charge in [-0.25, -0.2) is 14.2 Å². The molecule has 4 rings (SSSR count). The van der Waals surface area contributed by atoms with E-state index in [1.54, 1.807) is 24.3 Å². The van der Waals surface area contributed by atoms with Crippen LogP contribution >= 0.6 is 15.9 Å². The molecule has 4 aromatic rings. The highest BCUT2D eigenvalue weighted by atomic mass is 79.9. The highest BCUT2D eigenvalue weighted by Gasteiger charge is 2.38. The number of primary amides is 1. The van der Waals surface area contributed by atoms with E-state index >= 15 is 0 Å². The summed E-state index contributed by atoms with van der Waals surface area (Å²) in [5, 5.41) is 8.28. The van der Waals surface area contributed by atoms with Gasteiger partial charge in [-0.3, -0.25) is 4.68 Å². The Morgan fingerprint density at radius 3 is 2.63 bits per heavy atom. The standard InChI is InChI=1S/C21H15BrF4N6O3/c22-17(21(24,25)26)7-12-9-28-18(29-19(12)35-20(27)33)15-8-16(14-5-6-34-31-14)32(30-15)10-11-3-1-2-4-13(11)23/h1-6,8-9,17H,7,10H2,(H2,27,33). The fraction of sp³-hybridized carbons (Fsp3) is 0.190. The van der Waals surface area contributed by atoms with E-state index in [1.165, 1.54) is 23.1 Å². The molecule has 2 N–H and O–H groups in total. The number of aromatic nitrogens is 5. The first-order valence-electron chi connectivity index (χ1n) is 9.88. The van der Waals surface area contributed by atoms with Crippen LogP contribution in [-0.2, 0) is 13.0 Å². The maximum absolute atomic E-state index is 14.2.